The first-order valence-electron chi connectivity index (χ1n) is 10.00. The lowest BCUT2D eigenvalue weighted by Gasteiger charge is -2.16. The molecule has 2 aromatic carbocycles. The van der Waals surface area contributed by atoms with E-state index in [1.54, 1.807) is 11.7 Å². The molecule has 1 N–H and O–H groups in total. The van der Waals surface area contributed by atoms with Gasteiger partial charge < -0.3 is 10.1 Å². The zero-order valence-corrected chi connectivity index (χ0v) is 17.7. The Kier molecular flexibility index (Phi) is 6.08. The van der Waals surface area contributed by atoms with Gasteiger partial charge in [-0.15, -0.1) is 0 Å². The maximum absolute atomic E-state index is 13.5. The zero-order chi connectivity index (χ0) is 22.0. The van der Waals surface area contributed by atoms with Gasteiger partial charge in [0.1, 0.15) is 17.4 Å². The van der Waals surface area contributed by atoms with Crippen LogP contribution in [0.1, 0.15) is 34.6 Å². The largest absolute Gasteiger partial charge is 0.497 e. The molecule has 2 heterocycles. The maximum atomic E-state index is 13.5. The van der Waals surface area contributed by atoms with Crippen molar-refractivity contribution in [3.63, 3.8) is 0 Å². The van der Waals surface area contributed by atoms with Crippen LogP contribution in [0, 0.1) is 5.82 Å². The Hall–Kier alpha value is -3.13. The number of carbonyl (C=O) groups is 1. The van der Waals surface area contributed by atoms with Crippen molar-refractivity contribution >= 4 is 17.5 Å². The molecule has 0 fully saturated rings. The van der Waals surface area contributed by atoms with Gasteiger partial charge >= 0.3 is 5.69 Å². The van der Waals surface area contributed by atoms with Gasteiger partial charge in [-0.3, -0.25) is 9.36 Å². The van der Waals surface area contributed by atoms with Crippen LogP contribution in [0.15, 0.2) is 47.3 Å². The second kappa shape index (κ2) is 8.93. The third-order valence-corrected chi connectivity index (χ3v) is 5.72. The van der Waals surface area contributed by atoms with Crippen LogP contribution in [-0.4, -0.2) is 33.4 Å². The second-order valence-electron chi connectivity index (χ2n) is 7.48. The van der Waals surface area contributed by atoms with E-state index in [1.165, 1.54) is 16.8 Å². The molecule has 0 aliphatic carbocycles. The molecule has 0 saturated heterocycles. The Morgan fingerprint density at radius 2 is 2.13 bits per heavy atom. The van der Waals surface area contributed by atoms with Crippen LogP contribution < -0.4 is 15.7 Å². The summed E-state index contributed by atoms with van der Waals surface area (Å²) < 4.78 is 21.8. The van der Waals surface area contributed by atoms with Crippen LogP contribution in [0.4, 0.5) is 4.39 Å². The van der Waals surface area contributed by atoms with E-state index in [0.717, 1.165) is 17.4 Å². The summed E-state index contributed by atoms with van der Waals surface area (Å²) in [5.74, 6) is 0.466. The maximum Gasteiger partial charge on any atom is 0.346 e. The van der Waals surface area contributed by atoms with E-state index >= 15 is 0 Å². The second-order valence-corrected chi connectivity index (χ2v) is 7.89. The number of benzene rings is 2. The normalized spacial score (nSPS) is 15.8. The number of carbonyl (C=O) groups excluding carboxylic acids is 1. The summed E-state index contributed by atoms with van der Waals surface area (Å²) in [5, 5.41) is 7.60. The predicted octanol–water partition coefficient (Wildman–Crippen LogP) is 3.03. The molecule has 1 atom stereocenters. The number of nitrogens with zero attached hydrogens (tertiary/aromatic N) is 3. The molecule has 0 saturated carbocycles. The standard InChI is InChI=1S/C22H22ClFN4O3/c1-31-17-4-2-3-14(11-17)13-28-22(30)27-10-9-16(6-8-20(27)26-28)25-21(29)18-12-15(24)5-7-19(18)23/h2-5,7,11-12,16H,6,8-10,13H2,1H3,(H,25,29). The molecule has 1 amide bonds. The Bertz CT molecular complexity index is 1170. The molecule has 1 unspecified atom stereocenters. The van der Waals surface area contributed by atoms with Crippen LogP contribution in [0.25, 0.3) is 0 Å². The Balaban J connectivity index is 1.44. The number of amides is 1. The van der Waals surface area contributed by atoms with E-state index < -0.39 is 11.7 Å². The van der Waals surface area contributed by atoms with E-state index in [1.807, 2.05) is 24.3 Å². The molecule has 4 rings (SSSR count). The number of aromatic nitrogens is 3. The Labute approximate surface area is 183 Å². The lowest BCUT2D eigenvalue weighted by molar-refractivity contribution is 0.0932. The number of nitrogens with one attached hydrogen (secondary N) is 1. The van der Waals surface area contributed by atoms with Crippen molar-refractivity contribution in [2.45, 2.75) is 38.4 Å². The van der Waals surface area contributed by atoms with E-state index in [0.29, 0.717) is 38.2 Å². The molecule has 9 heteroatoms. The molecule has 1 aliphatic heterocycles. The number of ether oxygens (including phenoxy) is 1. The minimum absolute atomic E-state index is 0.101. The number of rotatable bonds is 5. The van der Waals surface area contributed by atoms with Crippen molar-refractivity contribution in [1.29, 1.82) is 0 Å². The van der Waals surface area contributed by atoms with Crippen molar-refractivity contribution < 1.29 is 13.9 Å². The first-order chi connectivity index (χ1) is 14.9. The fourth-order valence-corrected chi connectivity index (χ4v) is 3.96. The molecule has 31 heavy (non-hydrogen) atoms. The number of fused-ring (bicyclic) bond motifs is 1. The third-order valence-electron chi connectivity index (χ3n) is 5.39. The summed E-state index contributed by atoms with van der Waals surface area (Å²) in [6, 6.07) is 11.0. The van der Waals surface area contributed by atoms with Gasteiger partial charge in [0.15, 0.2) is 0 Å². The highest BCUT2D eigenvalue weighted by Gasteiger charge is 2.23. The summed E-state index contributed by atoms with van der Waals surface area (Å²) in [5.41, 5.74) is 0.842. The fraction of sp³-hybridized carbons (Fsp3) is 0.318. The fourth-order valence-electron chi connectivity index (χ4n) is 3.75. The molecule has 3 aromatic rings. The Morgan fingerprint density at radius 1 is 1.29 bits per heavy atom. The Morgan fingerprint density at radius 3 is 2.94 bits per heavy atom. The molecule has 0 radical (unpaired) electrons. The van der Waals surface area contributed by atoms with Crippen LogP contribution >= 0.6 is 11.6 Å². The van der Waals surface area contributed by atoms with E-state index in [9.17, 15) is 14.0 Å². The molecule has 162 valence electrons. The van der Waals surface area contributed by atoms with Crippen LogP contribution in [0.5, 0.6) is 5.75 Å². The molecule has 0 spiro atoms. The highest BCUT2D eigenvalue weighted by atomic mass is 35.5. The monoisotopic (exact) mass is 444 g/mol. The number of hydrogen-bond acceptors (Lipinski definition) is 4. The first kappa shape index (κ1) is 21.1. The van der Waals surface area contributed by atoms with Gasteiger partial charge in [-0.2, -0.15) is 5.10 Å². The SMILES string of the molecule is COc1cccc(Cn2nc3n(c2=O)CCC(NC(=O)c2cc(F)ccc2Cl)CC3)c1. The molecular formula is C22H22ClFN4O3. The molecular weight excluding hydrogens is 423 g/mol. The number of aryl methyl sites for hydroxylation is 1. The molecule has 0 bridgehead atoms. The molecule has 1 aromatic heterocycles. The van der Waals surface area contributed by atoms with Gasteiger partial charge in [-0.1, -0.05) is 23.7 Å². The quantitative estimate of drug-likeness (QED) is 0.656. The van der Waals surface area contributed by atoms with Gasteiger partial charge in [0, 0.05) is 19.0 Å². The highest BCUT2D eigenvalue weighted by Crippen LogP contribution is 2.19. The van der Waals surface area contributed by atoms with Crippen LogP contribution in [0.2, 0.25) is 5.02 Å². The molecule has 7 nitrogen and oxygen atoms in total. The minimum atomic E-state index is -0.521. The lowest BCUT2D eigenvalue weighted by atomic mass is 10.1. The third kappa shape index (κ3) is 4.64. The van der Waals surface area contributed by atoms with Gasteiger partial charge in [-0.05, 0) is 48.7 Å². The number of halogens is 2. The van der Waals surface area contributed by atoms with E-state index in [4.69, 9.17) is 16.3 Å². The smallest absolute Gasteiger partial charge is 0.346 e. The topological polar surface area (TPSA) is 78.2 Å². The average molecular weight is 445 g/mol. The highest BCUT2D eigenvalue weighted by molar-refractivity contribution is 6.33. The van der Waals surface area contributed by atoms with Gasteiger partial charge in [0.2, 0.25) is 0 Å². The van der Waals surface area contributed by atoms with Crippen molar-refractivity contribution in [3.8, 4) is 5.75 Å². The van der Waals surface area contributed by atoms with Gasteiger partial charge in [0.25, 0.3) is 5.91 Å². The summed E-state index contributed by atoms with van der Waals surface area (Å²) in [4.78, 5) is 25.4. The predicted molar refractivity (Wildman–Crippen MR) is 114 cm³/mol. The molecule has 1 aliphatic rings. The first-order valence-corrected chi connectivity index (χ1v) is 10.4. The summed E-state index contributed by atoms with van der Waals surface area (Å²) in [6.07, 6.45) is 1.73. The van der Waals surface area contributed by atoms with Crippen molar-refractivity contribution in [3.05, 3.63) is 80.7 Å². The van der Waals surface area contributed by atoms with E-state index in [2.05, 4.69) is 10.4 Å². The average Bonchev–Trinajstić information content (AvgIpc) is 2.92. The summed E-state index contributed by atoms with van der Waals surface area (Å²) in [7, 11) is 1.60. The number of methoxy groups -OCH3 is 1. The number of hydrogen-bond donors (Lipinski definition) is 1. The van der Waals surface area contributed by atoms with Crippen LogP contribution in [-0.2, 0) is 19.5 Å². The van der Waals surface area contributed by atoms with Crippen LogP contribution in [0.3, 0.4) is 0 Å². The lowest BCUT2D eigenvalue weighted by Crippen LogP contribution is -2.36. The van der Waals surface area contributed by atoms with Gasteiger partial charge in [-0.25, -0.2) is 13.9 Å². The summed E-state index contributed by atoms with van der Waals surface area (Å²) >= 11 is 6.03. The van der Waals surface area contributed by atoms with Crippen molar-refractivity contribution in [2.24, 2.45) is 0 Å². The van der Waals surface area contributed by atoms with Gasteiger partial charge in [0.05, 0.1) is 24.2 Å². The summed E-state index contributed by atoms with van der Waals surface area (Å²) in [6.45, 7) is 0.794. The van der Waals surface area contributed by atoms with Crippen molar-refractivity contribution in [2.75, 3.05) is 7.11 Å². The zero-order valence-electron chi connectivity index (χ0n) is 17.0. The van der Waals surface area contributed by atoms with Crippen molar-refractivity contribution in [1.82, 2.24) is 19.7 Å². The van der Waals surface area contributed by atoms with E-state index in [-0.39, 0.29) is 22.3 Å². The minimum Gasteiger partial charge on any atom is -0.497 e.